The molecular weight excluding hydrogens is 190 g/mol. The molecule has 3 N–H and O–H groups in total. The molecule has 4 nitrogen and oxygen atoms in total. The summed E-state index contributed by atoms with van der Waals surface area (Å²) < 4.78 is 0. The molecule has 0 bridgehead atoms. The third-order valence-corrected chi connectivity index (χ3v) is 1.90. The number of hydrogen-bond acceptors (Lipinski definition) is 2. The molecule has 80 valence electrons. The van der Waals surface area contributed by atoms with E-state index in [0.717, 1.165) is 11.3 Å². The van der Waals surface area contributed by atoms with Crippen LogP contribution >= 0.6 is 0 Å². The molecule has 0 fully saturated rings. The van der Waals surface area contributed by atoms with Crippen molar-refractivity contribution in [1.29, 1.82) is 0 Å². The Balaban J connectivity index is 2.92. The number of aryl methyl sites for hydroxylation is 2. The number of carbonyl (C=O) groups is 1. The van der Waals surface area contributed by atoms with E-state index in [1.165, 1.54) is 12.5 Å². The zero-order chi connectivity index (χ0) is 11.4. The molecule has 0 unspecified atom stereocenters. The quantitative estimate of drug-likeness (QED) is 0.537. The minimum absolute atomic E-state index is 0.120. The molecule has 1 rings (SSSR count). The Hall–Kier alpha value is -1.84. The maximum absolute atomic E-state index is 10.7. The fraction of sp³-hybridized carbons (Fsp3) is 0.273. The first-order chi connectivity index (χ1) is 6.99. The van der Waals surface area contributed by atoms with E-state index >= 15 is 0 Å². The lowest BCUT2D eigenvalue weighted by Crippen LogP contribution is -2.34. The summed E-state index contributed by atoms with van der Waals surface area (Å²) in [4.78, 5) is 14.8. The van der Waals surface area contributed by atoms with Crippen LogP contribution in [-0.4, -0.2) is 11.9 Å². The third-order valence-electron chi connectivity index (χ3n) is 1.90. The Morgan fingerprint density at radius 1 is 1.40 bits per heavy atom. The number of guanidine groups is 1. The first-order valence-corrected chi connectivity index (χ1v) is 4.68. The van der Waals surface area contributed by atoms with Crippen LogP contribution in [0.4, 0.5) is 5.69 Å². The number of aliphatic imine (C=N–C) groups is 1. The first-order valence-electron chi connectivity index (χ1n) is 4.68. The highest BCUT2D eigenvalue weighted by molar-refractivity contribution is 5.96. The second-order valence-electron chi connectivity index (χ2n) is 3.47. The van der Waals surface area contributed by atoms with Crippen LogP contribution in [0.5, 0.6) is 0 Å². The second-order valence-corrected chi connectivity index (χ2v) is 3.47. The number of carbonyl (C=O) groups excluding carboxylic acids is 1. The summed E-state index contributed by atoms with van der Waals surface area (Å²) in [6, 6.07) is 5.84. The van der Waals surface area contributed by atoms with Gasteiger partial charge in [-0.3, -0.25) is 10.1 Å². The Morgan fingerprint density at radius 3 is 2.60 bits per heavy atom. The van der Waals surface area contributed by atoms with Gasteiger partial charge >= 0.3 is 0 Å². The molecule has 0 aromatic heterocycles. The largest absolute Gasteiger partial charge is 0.369 e. The Morgan fingerprint density at radius 2 is 2.07 bits per heavy atom. The lowest BCUT2D eigenvalue weighted by molar-refractivity contribution is -0.117. The van der Waals surface area contributed by atoms with Crippen molar-refractivity contribution in [3.05, 3.63) is 29.3 Å². The Labute approximate surface area is 89.2 Å². The van der Waals surface area contributed by atoms with Gasteiger partial charge in [-0.05, 0) is 25.5 Å². The molecule has 0 spiro atoms. The van der Waals surface area contributed by atoms with Gasteiger partial charge in [-0.25, -0.2) is 4.99 Å². The number of nitrogens with zero attached hydrogens (tertiary/aromatic N) is 1. The molecule has 0 atom stereocenters. The number of nitrogens with one attached hydrogen (secondary N) is 1. The third kappa shape index (κ3) is 3.42. The molecule has 0 aliphatic heterocycles. The number of rotatable bonds is 1. The smallest absolute Gasteiger partial charge is 0.223 e. The van der Waals surface area contributed by atoms with Crippen molar-refractivity contribution in [2.75, 3.05) is 0 Å². The van der Waals surface area contributed by atoms with Gasteiger partial charge in [-0.15, -0.1) is 0 Å². The zero-order valence-corrected chi connectivity index (χ0v) is 9.16. The minimum atomic E-state index is -0.221. The summed E-state index contributed by atoms with van der Waals surface area (Å²) >= 11 is 0. The van der Waals surface area contributed by atoms with Gasteiger partial charge in [-0.2, -0.15) is 0 Å². The van der Waals surface area contributed by atoms with E-state index in [9.17, 15) is 4.79 Å². The molecule has 15 heavy (non-hydrogen) atoms. The highest BCUT2D eigenvalue weighted by Crippen LogP contribution is 2.18. The topological polar surface area (TPSA) is 67.5 Å². The van der Waals surface area contributed by atoms with Gasteiger partial charge in [-0.1, -0.05) is 17.7 Å². The minimum Gasteiger partial charge on any atom is -0.369 e. The number of benzene rings is 1. The van der Waals surface area contributed by atoms with Crippen molar-refractivity contribution in [2.24, 2.45) is 10.7 Å². The molecule has 0 aliphatic rings. The SMILES string of the molecule is CC(=O)NC(N)=Nc1ccc(C)cc1C. The second kappa shape index (κ2) is 4.59. The number of amides is 1. The van der Waals surface area contributed by atoms with Crippen LogP contribution < -0.4 is 11.1 Å². The highest BCUT2D eigenvalue weighted by Gasteiger charge is 1.99. The molecule has 4 heteroatoms. The van der Waals surface area contributed by atoms with Crippen LogP contribution in [0.15, 0.2) is 23.2 Å². The average Bonchev–Trinajstić information content (AvgIpc) is 2.08. The van der Waals surface area contributed by atoms with E-state index in [1.54, 1.807) is 0 Å². The van der Waals surface area contributed by atoms with Crippen molar-refractivity contribution >= 4 is 17.6 Å². The van der Waals surface area contributed by atoms with Gasteiger partial charge in [0.15, 0.2) is 0 Å². The summed E-state index contributed by atoms with van der Waals surface area (Å²) in [6.45, 7) is 5.36. The monoisotopic (exact) mass is 205 g/mol. The molecule has 1 aromatic rings. The van der Waals surface area contributed by atoms with Crippen LogP contribution in [0.1, 0.15) is 18.1 Å². The normalized spacial score (nSPS) is 11.3. The van der Waals surface area contributed by atoms with Crippen LogP contribution in [-0.2, 0) is 4.79 Å². The Bertz CT molecular complexity index is 410. The zero-order valence-electron chi connectivity index (χ0n) is 9.16. The summed E-state index contributed by atoms with van der Waals surface area (Å²) in [5.74, 6) is -0.101. The number of nitrogens with two attached hydrogens (primary N) is 1. The van der Waals surface area contributed by atoms with E-state index in [-0.39, 0.29) is 11.9 Å². The predicted octanol–water partition coefficient (Wildman–Crippen LogP) is 1.39. The lowest BCUT2D eigenvalue weighted by Gasteiger charge is -2.04. The fourth-order valence-corrected chi connectivity index (χ4v) is 1.27. The summed E-state index contributed by atoms with van der Waals surface area (Å²) in [6.07, 6.45) is 0. The van der Waals surface area contributed by atoms with Gasteiger partial charge in [0.25, 0.3) is 0 Å². The van der Waals surface area contributed by atoms with Crippen LogP contribution in [0.3, 0.4) is 0 Å². The lowest BCUT2D eigenvalue weighted by atomic mass is 10.1. The van der Waals surface area contributed by atoms with E-state index in [0.29, 0.717) is 0 Å². The van der Waals surface area contributed by atoms with Gasteiger partial charge in [0.05, 0.1) is 5.69 Å². The highest BCUT2D eigenvalue weighted by atomic mass is 16.1. The Kier molecular flexibility index (Phi) is 3.44. The average molecular weight is 205 g/mol. The van der Waals surface area contributed by atoms with Gasteiger partial charge in [0.1, 0.15) is 0 Å². The molecular formula is C11H15N3O. The van der Waals surface area contributed by atoms with Crippen LogP contribution in [0.2, 0.25) is 0 Å². The van der Waals surface area contributed by atoms with Crippen LogP contribution in [0.25, 0.3) is 0 Å². The van der Waals surface area contributed by atoms with Crippen molar-refractivity contribution in [3.63, 3.8) is 0 Å². The first kappa shape index (κ1) is 11.2. The van der Waals surface area contributed by atoms with Crippen molar-refractivity contribution in [2.45, 2.75) is 20.8 Å². The van der Waals surface area contributed by atoms with E-state index in [2.05, 4.69) is 10.3 Å². The van der Waals surface area contributed by atoms with Crippen LogP contribution in [0, 0.1) is 13.8 Å². The van der Waals surface area contributed by atoms with E-state index in [1.807, 2.05) is 32.0 Å². The van der Waals surface area contributed by atoms with Gasteiger partial charge in [0.2, 0.25) is 11.9 Å². The molecule has 1 aromatic carbocycles. The molecule has 1 amide bonds. The maximum Gasteiger partial charge on any atom is 0.223 e. The fourth-order valence-electron chi connectivity index (χ4n) is 1.27. The van der Waals surface area contributed by atoms with Gasteiger partial charge in [0, 0.05) is 6.92 Å². The standard InChI is InChI=1S/C11H15N3O/c1-7-4-5-10(8(2)6-7)14-11(12)13-9(3)15/h4-6H,1-3H3,(H3,12,13,14,15). The van der Waals surface area contributed by atoms with Gasteiger partial charge < -0.3 is 5.73 Å². The number of hydrogen-bond donors (Lipinski definition) is 2. The maximum atomic E-state index is 10.7. The van der Waals surface area contributed by atoms with Crippen molar-refractivity contribution < 1.29 is 4.79 Å². The van der Waals surface area contributed by atoms with Crippen molar-refractivity contribution in [3.8, 4) is 0 Å². The molecule has 0 aliphatic carbocycles. The summed E-state index contributed by atoms with van der Waals surface area (Å²) in [5, 5.41) is 2.42. The molecule has 0 radical (unpaired) electrons. The van der Waals surface area contributed by atoms with E-state index < -0.39 is 0 Å². The summed E-state index contributed by atoms with van der Waals surface area (Å²) in [5.41, 5.74) is 8.50. The molecule has 0 saturated heterocycles. The molecule has 0 saturated carbocycles. The predicted molar refractivity (Wildman–Crippen MR) is 61.0 cm³/mol. The van der Waals surface area contributed by atoms with E-state index in [4.69, 9.17) is 5.73 Å². The summed E-state index contributed by atoms with van der Waals surface area (Å²) in [7, 11) is 0. The van der Waals surface area contributed by atoms with Crippen molar-refractivity contribution in [1.82, 2.24) is 5.32 Å². The molecule has 0 heterocycles.